The third-order valence-electron chi connectivity index (χ3n) is 2.37. The molecule has 0 saturated carbocycles. The van der Waals surface area contributed by atoms with Crippen LogP contribution in [0.1, 0.15) is 5.56 Å². The van der Waals surface area contributed by atoms with Gasteiger partial charge in [0.25, 0.3) is 0 Å². The fourth-order valence-electron chi connectivity index (χ4n) is 1.59. The molecule has 0 radical (unpaired) electrons. The third kappa shape index (κ3) is 2.84. The number of benzene rings is 1. The van der Waals surface area contributed by atoms with Crippen LogP contribution in [0.2, 0.25) is 0 Å². The number of carbonyl (C=O) groups is 1. The van der Waals surface area contributed by atoms with Crippen molar-refractivity contribution in [3.05, 3.63) is 58.7 Å². The molecule has 3 nitrogen and oxygen atoms in total. The van der Waals surface area contributed by atoms with Crippen molar-refractivity contribution in [3.63, 3.8) is 0 Å². The van der Waals surface area contributed by atoms with E-state index in [9.17, 15) is 4.79 Å². The average molecular weight is 304 g/mol. The van der Waals surface area contributed by atoms with Crippen LogP contribution in [0.15, 0.2) is 53.2 Å². The van der Waals surface area contributed by atoms with E-state index in [1.54, 1.807) is 12.3 Å². The Labute approximate surface area is 113 Å². The summed E-state index contributed by atoms with van der Waals surface area (Å²) in [6.45, 7) is 0. The zero-order valence-corrected chi connectivity index (χ0v) is 11.0. The Morgan fingerprint density at radius 2 is 2.11 bits per heavy atom. The molecule has 0 aliphatic heterocycles. The lowest BCUT2D eigenvalue weighted by Gasteiger charge is -2.02. The summed E-state index contributed by atoms with van der Waals surface area (Å²) in [5, 5.41) is 9.51. The Hall–Kier alpha value is -1.94. The number of rotatable bonds is 3. The van der Waals surface area contributed by atoms with Gasteiger partial charge in [-0.2, -0.15) is 0 Å². The Morgan fingerprint density at radius 1 is 1.28 bits per heavy atom. The first-order valence-corrected chi connectivity index (χ1v) is 6.08. The fraction of sp³-hybridized carbons (Fsp3) is 0. The number of aliphatic carboxylic acids is 1. The van der Waals surface area contributed by atoms with Crippen LogP contribution in [0.25, 0.3) is 17.0 Å². The third-order valence-corrected chi connectivity index (χ3v) is 3.06. The molecule has 0 fully saturated rings. The van der Waals surface area contributed by atoms with Gasteiger partial charge in [0.15, 0.2) is 0 Å². The molecule has 1 N–H and O–H groups in total. The number of aromatic nitrogens is 1. The summed E-state index contributed by atoms with van der Waals surface area (Å²) in [5.74, 6) is -0.960. The lowest BCUT2D eigenvalue weighted by atomic mass is 10.1. The lowest BCUT2D eigenvalue weighted by Crippen LogP contribution is -1.85. The number of carboxylic acid groups (broad SMARTS) is 1. The fourth-order valence-corrected chi connectivity index (χ4v) is 2.04. The van der Waals surface area contributed by atoms with E-state index >= 15 is 0 Å². The van der Waals surface area contributed by atoms with E-state index in [4.69, 9.17) is 5.11 Å². The monoisotopic (exact) mass is 303 g/mol. The summed E-state index contributed by atoms with van der Waals surface area (Å²) in [6, 6.07) is 7.75. The van der Waals surface area contributed by atoms with Gasteiger partial charge in [0.2, 0.25) is 0 Å². The molecule has 1 aromatic carbocycles. The van der Waals surface area contributed by atoms with Crippen LogP contribution in [0.4, 0.5) is 0 Å². The maximum atomic E-state index is 10.3. The molecule has 0 atom stereocenters. The van der Waals surface area contributed by atoms with E-state index in [1.165, 1.54) is 6.08 Å². The molecule has 1 aromatic heterocycles. The second-order valence-electron chi connectivity index (χ2n) is 3.59. The number of hydrogen-bond acceptors (Lipinski definition) is 2. The molecular weight excluding hydrogens is 294 g/mol. The first-order valence-electron chi connectivity index (χ1n) is 5.29. The van der Waals surface area contributed by atoms with Crippen LogP contribution >= 0.6 is 15.9 Å². The Morgan fingerprint density at radius 3 is 2.89 bits per heavy atom. The van der Waals surface area contributed by atoms with Crippen molar-refractivity contribution < 1.29 is 9.90 Å². The van der Waals surface area contributed by atoms with Crippen LogP contribution in [-0.4, -0.2) is 16.1 Å². The second kappa shape index (κ2) is 5.60. The van der Waals surface area contributed by atoms with Crippen molar-refractivity contribution in [2.75, 3.05) is 0 Å². The first-order chi connectivity index (χ1) is 8.68. The van der Waals surface area contributed by atoms with E-state index < -0.39 is 5.97 Å². The molecule has 0 aliphatic carbocycles. The summed E-state index contributed by atoms with van der Waals surface area (Å²) >= 11 is 3.48. The van der Waals surface area contributed by atoms with E-state index in [1.807, 2.05) is 30.3 Å². The van der Waals surface area contributed by atoms with E-state index in [2.05, 4.69) is 20.9 Å². The van der Waals surface area contributed by atoms with E-state index in [0.717, 1.165) is 27.0 Å². The van der Waals surface area contributed by atoms with Gasteiger partial charge < -0.3 is 5.11 Å². The highest BCUT2D eigenvalue weighted by Crippen LogP contribution is 2.25. The van der Waals surface area contributed by atoms with E-state index in [-0.39, 0.29) is 0 Å². The minimum Gasteiger partial charge on any atom is -0.478 e. The number of carboxylic acids is 1. The van der Waals surface area contributed by atoms with E-state index in [0.29, 0.717) is 0 Å². The molecule has 0 bridgehead atoms. The molecular formula is C14H10BrNO2. The minimum atomic E-state index is -0.960. The molecule has 0 saturated heterocycles. The summed E-state index contributed by atoms with van der Waals surface area (Å²) in [7, 11) is 0. The van der Waals surface area contributed by atoms with Gasteiger partial charge in [-0.05, 0) is 12.1 Å². The van der Waals surface area contributed by atoms with Gasteiger partial charge in [-0.3, -0.25) is 4.98 Å². The number of hydrogen-bond donors (Lipinski definition) is 1. The van der Waals surface area contributed by atoms with Gasteiger partial charge in [-0.15, -0.1) is 0 Å². The van der Waals surface area contributed by atoms with Crippen LogP contribution in [0.3, 0.4) is 0 Å². The molecule has 18 heavy (non-hydrogen) atoms. The summed E-state index contributed by atoms with van der Waals surface area (Å²) in [5.41, 5.74) is 1.83. The average Bonchev–Trinajstić information content (AvgIpc) is 2.37. The Bertz CT molecular complexity index is 647. The number of pyridine rings is 1. The van der Waals surface area contributed by atoms with Crippen molar-refractivity contribution in [1.82, 2.24) is 4.98 Å². The van der Waals surface area contributed by atoms with Crippen molar-refractivity contribution >= 4 is 38.9 Å². The Balaban J connectivity index is 2.40. The van der Waals surface area contributed by atoms with Crippen LogP contribution in [-0.2, 0) is 4.79 Å². The highest BCUT2D eigenvalue weighted by atomic mass is 79.9. The predicted molar refractivity (Wildman–Crippen MR) is 75.3 cm³/mol. The standard InChI is InChI=1S/C14H10BrNO2/c15-12-8-7-10(4-1-2-6-13(17)18)14-11(12)5-3-9-16-14/h1-9H,(H,17,18). The smallest absolute Gasteiger partial charge is 0.328 e. The van der Waals surface area contributed by atoms with Crippen molar-refractivity contribution in [2.45, 2.75) is 0 Å². The molecule has 2 rings (SSSR count). The maximum absolute atomic E-state index is 10.3. The molecule has 0 unspecified atom stereocenters. The summed E-state index contributed by atoms with van der Waals surface area (Å²) in [4.78, 5) is 14.7. The number of fused-ring (bicyclic) bond motifs is 1. The normalized spacial score (nSPS) is 11.6. The molecule has 0 spiro atoms. The Kier molecular flexibility index (Phi) is 3.89. The van der Waals surface area contributed by atoms with Crippen molar-refractivity contribution in [1.29, 1.82) is 0 Å². The van der Waals surface area contributed by atoms with Crippen LogP contribution in [0.5, 0.6) is 0 Å². The zero-order chi connectivity index (χ0) is 13.0. The molecule has 1 heterocycles. The van der Waals surface area contributed by atoms with Crippen LogP contribution in [0, 0.1) is 0 Å². The molecule has 90 valence electrons. The van der Waals surface area contributed by atoms with Crippen molar-refractivity contribution in [2.24, 2.45) is 0 Å². The van der Waals surface area contributed by atoms with Crippen LogP contribution < -0.4 is 0 Å². The largest absolute Gasteiger partial charge is 0.478 e. The maximum Gasteiger partial charge on any atom is 0.328 e. The summed E-state index contributed by atoms with van der Waals surface area (Å²) < 4.78 is 0.990. The molecule has 0 aliphatic rings. The van der Waals surface area contributed by atoms with Gasteiger partial charge in [0, 0.05) is 27.7 Å². The van der Waals surface area contributed by atoms with Gasteiger partial charge in [-0.1, -0.05) is 46.3 Å². The van der Waals surface area contributed by atoms with Gasteiger partial charge in [-0.25, -0.2) is 4.79 Å². The van der Waals surface area contributed by atoms with Crippen molar-refractivity contribution in [3.8, 4) is 0 Å². The predicted octanol–water partition coefficient (Wildman–Crippen LogP) is 3.65. The lowest BCUT2D eigenvalue weighted by molar-refractivity contribution is -0.131. The molecule has 4 heteroatoms. The number of allylic oxidation sites excluding steroid dienone is 2. The SMILES string of the molecule is O=C(O)C=CC=Cc1ccc(Br)c2cccnc12. The van der Waals surface area contributed by atoms with Gasteiger partial charge in [0.1, 0.15) is 0 Å². The molecule has 0 amide bonds. The first kappa shape index (κ1) is 12.5. The highest BCUT2D eigenvalue weighted by molar-refractivity contribution is 9.10. The second-order valence-corrected chi connectivity index (χ2v) is 4.45. The topological polar surface area (TPSA) is 50.2 Å². The molecule has 2 aromatic rings. The quantitative estimate of drug-likeness (QED) is 0.695. The number of nitrogens with zero attached hydrogens (tertiary/aromatic N) is 1. The zero-order valence-electron chi connectivity index (χ0n) is 9.38. The highest BCUT2D eigenvalue weighted by Gasteiger charge is 2.02. The van der Waals surface area contributed by atoms with Gasteiger partial charge in [0.05, 0.1) is 5.52 Å². The summed E-state index contributed by atoms with van der Waals surface area (Å²) in [6.07, 6.45) is 7.83. The number of halogens is 1. The van der Waals surface area contributed by atoms with Gasteiger partial charge >= 0.3 is 5.97 Å². The minimum absolute atomic E-state index is 0.881.